The van der Waals surface area contributed by atoms with Gasteiger partial charge in [0.05, 0.1) is 0 Å². The molecule has 0 bridgehead atoms. The van der Waals surface area contributed by atoms with Gasteiger partial charge >= 0.3 is 0 Å². The van der Waals surface area contributed by atoms with E-state index in [1.54, 1.807) is 0 Å². The summed E-state index contributed by atoms with van der Waals surface area (Å²) in [7, 11) is 0. The fraction of sp³-hybridized carbons (Fsp3) is 0.625. The summed E-state index contributed by atoms with van der Waals surface area (Å²) in [5.74, 6) is 1.63. The first kappa shape index (κ1) is 14.8. The zero-order valence-corrected chi connectivity index (χ0v) is 13.5. The van der Waals surface area contributed by atoms with Gasteiger partial charge in [-0.1, -0.05) is 6.92 Å². The van der Waals surface area contributed by atoms with Crippen LogP contribution in [-0.4, -0.2) is 33.6 Å². The third kappa shape index (κ3) is 3.06. The molecule has 0 amide bonds. The van der Waals surface area contributed by atoms with Gasteiger partial charge in [-0.3, -0.25) is 0 Å². The van der Waals surface area contributed by atoms with Crippen LogP contribution < -0.4 is 0 Å². The normalized spacial score (nSPS) is 18.2. The third-order valence-electron chi connectivity index (χ3n) is 4.37. The summed E-state index contributed by atoms with van der Waals surface area (Å²) in [6.07, 6.45) is 2.95. The monoisotopic (exact) mass is 307 g/mol. The van der Waals surface area contributed by atoms with Gasteiger partial charge in [-0.05, 0) is 37.3 Å². The number of hydrogen-bond acceptors (Lipinski definition) is 3. The highest BCUT2D eigenvalue weighted by Gasteiger charge is 2.29. The SMILES string of the molecule is Cc1ccc2nc(CCCl)n(CC3(C)CCOCC3)c2n1. The van der Waals surface area contributed by atoms with Crippen molar-refractivity contribution >= 4 is 22.8 Å². The second kappa shape index (κ2) is 5.93. The molecule has 3 heterocycles. The Balaban J connectivity index is 2.01. The number of aryl methyl sites for hydroxylation is 2. The molecule has 1 saturated heterocycles. The van der Waals surface area contributed by atoms with Crippen LogP contribution in [0.1, 0.15) is 31.3 Å². The number of pyridine rings is 1. The van der Waals surface area contributed by atoms with E-state index in [4.69, 9.17) is 26.3 Å². The molecule has 5 heteroatoms. The largest absolute Gasteiger partial charge is 0.381 e. The highest BCUT2D eigenvalue weighted by atomic mass is 35.5. The number of alkyl halides is 1. The van der Waals surface area contributed by atoms with Crippen molar-refractivity contribution in [1.82, 2.24) is 14.5 Å². The lowest BCUT2D eigenvalue weighted by Crippen LogP contribution is -2.31. The van der Waals surface area contributed by atoms with Crippen molar-refractivity contribution in [1.29, 1.82) is 0 Å². The van der Waals surface area contributed by atoms with Gasteiger partial charge in [0.1, 0.15) is 11.3 Å². The van der Waals surface area contributed by atoms with Crippen LogP contribution in [0.5, 0.6) is 0 Å². The van der Waals surface area contributed by atoms with Crippen molar-refractivity contribution in [2.45, 2.75) is 39.7 Å². The number of imidazole rings is 1. The summed E-state index contributed by atoms with van der Waals surface area (Å²) in [4.78, 5) is 9.43. The lowest BCUT2D eigenvalue weighted by atomic mass is 9.82. The van der Waals surface area contributed by atoms with E-state index in [0.29, 0.717) is 5.88 Å². The van der Waals surface area contributed by atoms with Crippen LogP contribution in [-0.2, 0) is 17.7 Å². The van der Waals surface area contributed by atoms with E-state index in [2.05, 4.69) is 17.6 Å². The molecule has 0 unspecified atom stereocenters. The average molecular weight is 308 g/mol. The third-order valence-corrected chi connectivity index (χ3v) is 4.56. The van der Waals surface area contributed by atoms with Gasteiger partial charge in [0.2, 0.25) is 0 Å². The van der Waals surface area contributed by atoms with E-state index in [9.17, 15) is 0 Å². The molecule has 0 aliphatic carbocycles. The first-order valence-corrected chi connectivity index (χ1v) is 8.11. The number of ether oxygens (including phenoxy) is 1. The van der Waals surface area contributed by atoms with Crippen molar-refractivity contribution < 1.29 is 4.74 Å². The Morgan fingerprint density at radius 3 is 2.76 bits per heavy atom. The van der Waals surface area contributed by atoms with Gasteiger partial charge in [-0.2, -0.15) is 0 Å². The Morgan fingerprint density at radius 2 is 2.05 bits per heavy atom. The maximum atomic E-state index is 5.95. The van der Waals surface area contributed by atoms with Crippen LogP contribution in [0, 0.1) is 12.3 Å². The fourth-order valence-corrected chi connectivity index (χ4v) is 3.16. The first-order chi connectivity index (χ1) is 10.1. The van der Waals surface area contributed by atoms with E-state index in [1.807, 2.05) is 13.0 Å². The predicted octanol–water partition coefficient (Wildman–Crippen LogP) is 3.34. The predicted molar refractivity (Wildman–Crippen MR) is 84.8 cm³/mol. The van der Waals surface area contributed by atoms with Gasteiger partial charge in [0.15, 0.2) is 5.65 Å². The van der Waals surface area contributed by atoms with Gasteiger partial charge in [-0.15, -0.1) is 11.6 Å². The molecular weight excluding hydrogens is 286 g/mol. The van der Waals surface area contributed by atoms with Gasteiger partial charge in [0, 0.05) is 37.8 Å². The summed E-state index contributed by atoms with van der Waals surface area (Å²) in [6, 6.07) is 4.07. The minimum absolute atomic E-state index is 0.248. The van der Waals surface area contributed by atoms with E-state index in [0.717, 1.165) is 61.7 Å². The molecule has 0 radical (unpaired) electrons. The maximum Gasteiger partial charge on any atom is 0.160 e. The molecule has 1 aliphatic rings. The summed E-state index contributed by atoms with van der Waals surface area (Å²) in [5, 5.41) is 0. The molecule has 2 aromatic heterocycles. The van der Waals surface area contributed by atoms with Crippen LogP contribution in [0.15, 0.2) is 12.1 Å². The lowest BCUT2D eigenvalue weighted by molar-refractivity contribution is 0.0156. The van der Waals surface area contributed by atoms with Crippen molar-refractivity contribution in [2.75, 3.05) is 19.1 Å². The molecule has 4 nitrogen and oxygen atoms in total. The number of rotatable bonds is 4. The number of aromatic nitrogens is 3. The smallest absolute Gasteiger partial charge is 0.160 e. The van der Waals surface area contributed by atoms with Gasteiger partial charge < -0.3 is 9.30 Å². The summed E-state index contributed by atoms with van der Waals surface area (Å²) in [6.45, 7) is 6.99. The molecule has 1 aliphatic heterocycles. The number of nitrogens with zero attached hydrogens (tertiary/aromatic N) is 3. The van der Waals surface area contributed by atoms with E-state index >= 15 is 0 Å². The number of hydrogen-bond donors (Lipinski definition) is 0. The first-order valence-electron chi connectivity index (χ1n) is 7.58. The molecular formula is C16H22ClN3O. The molecule has 1 fully saturated rings. The van der Waals surface area contributed by atoms with Crippen LogP contribution in [0.25, 0.3) is 11.2 Å². The second-order valence-electron chi connectivity index (χ2n) is 6.27. The molecule has 0 N–H and O–H groups in total. The number of fused-ring (bicyclic) bond motifs is 1. The Bertz CT molecular complexity index is 632. The minimum atomic E-state index is 0.248. The Labute approximate surface area is 130 Å². The zero-order chi connectivity index (χ0) is 14.9. The average Bonchev–Trinajstić information content (AvgIpc) is 2.77. The van der Waals surface area contributed by atoms with E-state index in [1.165, 1.54) is 0 Å². The van der Waals surface area contributed by atoms with Crippen LogP contribution >= 0.6 is 11.6 Å². The van der Waals surface area contributed by atoms with Gasteiger partial charge in [0.25, 0.3) is 0 Å². The highest BCUT2D eigenvalue weighted by Crippen LogP contribution is 2.33. The van der Waals surface area contributed by atoms with Crippen molar-refractivity contribution in [3.63, 3.8) is 0 Å². The molecule has 3 rings (SSSR count). The summed E-state index contributed by atoms with van der Waals surface area (Å²) >= 11 is 5.95. The molecule has 21 heavy (non-hydrogen) atoms. The van der Waals surface area contributed by atoms with Crippen LogP contribution in [0.4, 0.5) is 0 Å². The molecule has 0 atom stereocenters. The molecule has 0 spiro atoms. The van der Waals surface area contributed by atoms with Gasteiger partial charge in [-0.25, -0.2) is 9.97 Å². The van der Waals surface area contributed by atoms with Crippen molar-refractivity contribution in [2.24, 2.45) is 5.41 Å². The quantitative estimate of drug-likeness (QED) is 0.813. The number of halogens is 1. The van der Waals surface area contributed by atoms with Crippen molar-refractivity contribution in [3.05, 3.63) is 23.7 Å². The van der Waals surface area contributed by atoms with E-state index in [-0.39, 0.29) is 5.41 Å². The standard InChI is InChI=1S/C16H22ClN3O/c1-12-3-4-13-15(18-12)20(14(19-13)5-8-17)11-16(2)6-9-21-10-7-16/h3-4H,5-11H2,1-2H3. The van der Waals surface area contributed by atoms with Crippen LogP contribution in [0.3, 0.4) is 0 Å². The summed E-state index contributed by atoms with van der Waals surface area (Å²) < 4.78 is 7.78. The topological polar surface area (TPSA) is 39.9 Å². The zero-order valence-electron chi connectivity index (χ0n) is 12.7. The summed E-state index contributed by atoms with van der Waals surface area (Å²) in [5.41, 5.74) is 3.23. The fourth-order valence-electron chi connectivity index (χ4n) is 2.99. The molecule has 0 saturated carbocycles. The minimum Gasteiger partial charge on any atom is -0.381 e. The lowest BCUT2D eigenvalue weighted by Gasteiger charge is -2.34. The van der Waals surface area contributed by atoms with E-state index < -0.39 is 0 Å². The molecule has 114 valence electrons. The Hall–Kier alpha value is -1.13. The molecule has 0 aromatic carbocycles. The van der Waals surface area contributed by atoms with Crippen molar-refractivity contribution in [3.8, 4) is 0 Å². The Kier molecular flexibility index (Phi) is 4.18. The maximum absolute atomic E-state index is 5.95. The second-order valence-corrected chi connectivity index (χ2v) is 6.65. The Morgan fingerprint density at radius 1 is 1.29 bits per heavy atom. The molecule has 2 aromatic rings. The van der Waals surface area contributed by atoms with Crippen LogP contribution in [0.2, 0.25) is 0 Å². The highest BCUT2D eigenvalue weighted by molar-refractivity contribution is 6.17.